The minimum Gasteiger partial charge on any atom is -0.491 e. The minimum absolute atomic E-state index is 0.347. The zero-order valence-electron chi connectivity index (χ0n) is 13.3. The second-order valence-electron chi connectivity index (χ2n) is 6.58. The van der Waals surface area contributed by atoms with E-state index in [1.54, 1.807) is 7.11 Å². The van der Waals surface area contributed by atoms with Gasteiger partial charge in [0.25, 0.3) is 0 Å². The number of nitrogens with two attached hydrogens (primary N) is 1. The Morgan fingerprint density at radius 3 is 2.68 bits per heavy atom. The number of nitrogens with zero attached hydrogens (tertiary/aromatic N) is 1. The lowest BCUT2D eigenvalue weighted by molar-refractivity contribution is 0.277. The van der Waals surface area contributed by atoms with Crippen molar-refractivity contribution in [2.45, 2.75) is 25.3 Å². The van der Waals surface area contributed by atoms with Crippen LogP contribution in [0.1, 0.15) is 30.9 Å². The maximum absolute atomic E-state index is 6.41. The Morgan fingerprint density at radius 1 is 1.32 bits per heavy atom. The summed E-state index contributed by atoms with van der Waals surface area (Å²) < 4.78 is 11.4. The second-order valence-corrected chi connectivity index (χ2v) is 6.99. The van der Waals surface area contributed by atoms with Gasteiger partial charge in [-0.15, -0.1) is 0 Å². The Balaban J connectivity index is 1.84. The van der Waals surface area contributed by atoms with E-state index in [-0.39, 0.29) is 0 Å². The molecule has 0 spiro atoms. The van der Waals surface area contributed by atoms with Crippen molar-refractivity contribution in [3.05, 3.63) is 22.7 Å². The lowest BCUT2D eigenvalue weighted by atomic mass is 9.99. The largest absolute Gasteiger partial charge is 0.491 e. The molecular formula is C17H25ClN2O2. The van der Waals surface area contributed by atoms with Crippen LogP contribution in [0, 0.1) is 11.8 Å². The molecule has 0 bridgehead atoms. The molecule has 4 nitrogen and oxygen atoms in total. The Bertz CT molecular complexity index is 534. The summed E-state index contributed by atoms with van der Waals surface area (Å²) in [6.45, 7) is 2.51. The molecule has 1 aromatic carbocycles. The highest BCUT2D eigenvalue weighted by atomic mass is 35.5. The maximum atomic E-state index is 6.41. The highest BCUT2D eigenvalue weighted by Crippen LogP contribution is 2.42. The minimum atomic E-state index is 0.347. The Labute approximate surface area is 137 Å². The van der Waals surface area contributed by atoms with Crippen molar-refractivity contribution in [1.82, 2.24) is 4.90 Å². The third kappa shape index (κ3) is 3.34. The smallest absolute Gasteiger partial charge is 0.179 e. The fourth-order valence-corrected chi connectivity index (χ4v) is 3.54. The van der Waals surface area contributed by atoms with E-state index in [9.17, 15) is 0 Å². The predicted molar refractivity (Wildman–Crippen MR) is 88.8 cm³/mol. The molecule has 1 saturated heterocycles. The quantitative estimate of drug-likeness (QED) is 0.873. The number of likely N-dealkylation sites (tertiary alicyclic amines) is 1. The molecule has 122 valence electrons. The zero-order valence-corrected chi connectivity index (χ0v) is 14.1. The van der Waals surface area contributed by atoms with Crippen molar-refractivity contribution in [1.29, 1.82) is 0 Å². The van der Waals surface area contributed by atoms with Crippen LogP contribution in [-0.4, -0.2) is 38.8 Å². The Kier molecular flexibility index (Phi) is 4.81. The van der Waals surface area contributed by atoms with Crippen LogP contribution < -0.4 is 15.2 Å². The summed E-state index contributed by atoms with van der Waals surface area (Å²) in [5, 5.41) is 0.621. The monoisotopic (exact) mass is 324 g/mol. The Morgan fingerprint density at radius 2 is 2.09 bits per heavy atom. The van der Waals surface area contributed by atoms with Crippen LogP contribution in [-0.2, 0) is 0 Å². The molecule has 0 aromatic heterocycles. The average molecular weight is 325 g/mol. The van der Waals surface area contributed by atoms with Gasteiger partial charge in [-0.1, -0.05) is 11.6 Å². The first-order valence-corrected chi connectivity index (χ1v) is 8.40. The molecule has 0 amide bonds. The van der Waals surface area contributed by atoms with Gasteiger partial charge in [-0.2, -0.15) is 0 Å². The van der Waals surface area contributed by atoms with E-state index >= 15 is 0 Å². The fraction of sp³-hybridized carbons (Fsp3) is 0.647. The van der Waals surface area contributed by atoms with Crippen molar-refractivity contribution < 1.29 is 9.47 Å². The summed E-state index contributed by atoms with van der Waals surface area (Å²) in [6, 6.07) is 4.44. The summed E-state index contributed by atoms with van der Waals surface area (Å²) in [5.41, 5.74) is 7.02. The molecule has 0 radical (unpaired) electrons. The van der Waals surface area contributed by atoms with Gasteiger partial charge < -0.3 is 15.2 Å². The van der Waals surface area contributed by atoms with Crippen LogP contribution in [0.15, 0.2) is 12.1 Å². The molecule has 1 aliphatic heterocycles. The first-order valence-electron chi connectivity index (χ1n) is 8.03. The summed E-state index contributed by atoms with van der Waals surface area (Å²) >= 11 is 6.41. The van der Waals surface area contributed by atoms with Gasteiger partial charge in [0.2, 0.25) is 0 Å². The second kappa shape index (κ2) is 6.65. The van der Waals surface area contributed by atoms with Crippen LogP contribution in [0.4, 0.5) is 0 Å². The summed E-state index contributed by atoms with van der Waals surface area (Å²) in [4.78, 5) is 2.35. The fourth-order valence-electron chi connectivity index (χ4n) is 3.24. The standard InChI is InChI=1S/C17H25ClN2O2/c1-20-9-12(8-19)5-15(20)13-6-14(18)17(21-2)16(7-13)22-10-11-3-4-11/h6-7,11-12,15H,3-5,8-10,19H2,1-2H3. The molecule has 1 heterocycles. The van der Waals surface area contributed by atoms with Crippen molar-refractivity contribution in [3.8, 4) is 11.5 Å². The molecule has 1 aliphatic carbocycles. The van der Waals surface area contributed by atoms with Crippen LogP contribution in [0.2, 0.25) is 5.02 Å². The van der Waals surface area contributed by atoms with Crippen molar-refractivity contribution >= 4 is 11.6 Å². The average Bonchev–Trinajstić information content (AvgIpc) is 3.25. The third-order valence-electron chi connectivity index (χ3n) is 4.76. The topological polar surface area (TPSA) is 47.7 Å². The number of hydrogen-bond donors (Lipinski definition) is 1. The van der Waals surface area contributed by atoms with E-state index < -0.39 is 0 Å². The van der Waals surface area contributed by atoms with Gasteiger partial charge in [0, 0.05) is 12.6 Å². The molecule has 2 N–H and O–H groups in total. The van der Waals surface area contributed by atoms with Gasteiger partial charge in [0.05, 0.1) is 18.7 Å². The van der Waals surface area contributed by atoms with E-state index in [2.05, 4.69) is 18.0 Å². The van der Waals surface area contributed by atoms with Crippen LogP contribution in [0.3, 0.4) is 0 Å². The highest BCUT2D eigenvalue weighted by molar-refractivity contribution is 6.32. The number of benzene rings is 1. The molecule has 3 rings (SSSR count). The van der Waals surface area contributed by atoms with Crippen LogP contribution in [0.5, 0.6) is 11.5 Å². The highest BCUT2D eigenvalue weighted by Gasteiger charge is 2.31. The van der Waals surface area contributed by atoms with E-state index in [4.69, 9.17) is 26.8 Å². The lowest BCUT2D eigenvalue weighted by Gasteiger charge is -2.22. The molecule has 2 fully saturated rings. The predicted octanol–water partition coefficient (Wildman–Crippen LogP) is 3.09. The summed E-state index contributed by atoms with van der Waals surface area (Å²) in [7, 11) is 3.78. The first-order chi connectivity index (χ1) is 10.6. The molecule has 2 atom stereocenters. The number of rotatable bonds is 6. The Hall–Kier alpha value is -0.970. The molecular weight excluding hydrogens is 300 g/mol. The zero-order chi connectivity index (χ0) is 15.7. The number of halogens is 1. The van der Waals surface area contributed by atoms with Gasteiger partial charge in [-0.3, -0.25) is 4.90 Å². The van der Waals surface area contributed by atoms with Gasteiger partial charge >= 0.3 is 0 Å². The molecule has 2 unspecified atom stereocenters. The van der Waals surface area contributed by atoms with Crippen LogP contribution >= 0.6 is 11.6 Å². The van der Waals surface area contributed by atoms with E-state index in [1.807, 2.05) is 6.07 Å². The van der Waals surface area contributed by atoms with Gasteiger partial charge in [0.1, 0.15) is 0 Å². The van der Waals surface area contributed by atoms with Gasteiger partial charge in [-0.25, -0.2) is 0 Å². The van der Waals surface area contributed by atoms with Crippen LogP contribution in [0.25, 0.3) is 0 Å². The number of hydrogen-bond acceptors (Lipinski definition) is 4. The first kappa shape index (κ1) is 15.9. The lowest BCUT2D eigenvalue weighted by Crippen LogP contribution is -2.20. The molecule has 2 aliphatic rings. The van der Waals surface area contributed by atoms with Crippen molar-refractivity contribution in [3.63, 3.8) is 0 Å². The molecule has 1 aromatic rings. The van der Waals surface area contributed by atoms with Gasteiger partial charge in [-0.05, 0) is 62.4 Å². The number of methoxy groups -OCH3 is 1. The summed E-state index contributed by atoms with van der Waals surface area (Å²) in [6.07, 6.45) is 3.59. The molecule has 22 heavy (non-hydrogen) atoms. The summed E-state index contributed by atoms with van der Waals surface area (Å²) in [5.74, 6) is 2.65. The van der Waals surface area contributed by atoms with E-state index in [0.29, 0.717) is 28.6 Å². The number of ether oxygens (including phenoxy) is 2. The SMILES string of the molecule is COc1c(Cl)cc(C2CC(CN)CN2C)cc1OCC1CC1. The van der Waals surface area contributed by atoms with E-state index in [0.717, 1.165) is 31.9 Å². The van der Waals surface area contributed by atoms with E-state index in [1.165, 1.54) is 18.4 Å². The molecule has 5 heteroatoms. The maximum Gasteiger partial charge on any atom is 0.179 e. The normalized spacial score (nSPS) is 25.5. The third-order valence-corrected chi connectivity index (χ3v) is 5.04. The van der Waals surface area contributed by atoms with Crippen molar-refractivity contribution in [2.75, 3.05) is 33.9 Å². The molecule has 1 saturated carbocycles. The van der Waals surface area contributed by atoms with Crippen molar-refractivity contribution in [2.24, 2.45) is 17.6 Å². The van der Waals surface area contributed by atoms with Gasteiger partial charge in [0.15, 0.2) is 11.5 Å².